The van der Waals surface area contributed by atoms with Gasteiger partial charge >= 0.3 is 0 Å². The predicted octanol–water partition coefficient (Wildman–Crippen LogP) is 3.22. The third-order valence-electron chi connectivity index (χ3n) is 3.08. The molecule has 0 fully saturated rings. The lowest BCUT2D eigenvalue weighted by molar-refractivity contribution is 0.413. The summed E-state index contributed by atoms with van der Waals surface area (Å²) in [7, 11) is 1.64. The molecule has 0 radical (unpaired) electrons. The molecule has 106 valence electrons. The first-order valence-corrected chi connectivity index (χ1v) is 7.49. The molecule has 1 heterocycles. The molecule has 0 atom stereocenters. The summed E-state index contributed by atoms with van der Waals surface area (Å²) in [6.45, 7) is 0. The van der Waals surface area contributed by atoms with Gasteiger partial charge in [-0.15, -0.1) is 11.8 Å². The van der Waals surface area contributed by atoms with Crippen molar-refractivity contribution in [1.29, 1.82) is 0 Å². The molecule has 0 aliphatic carbocycles. The molecule has 1 N–H and O–H groups in total. The Balaban J connectivity index is 1.83. The molecule has 3 aromatic rings. The van der Waals surface area contributed by atoms with E-state index in [1.807, 2.05) is 42.5 Å². The van der Waals surface area contributed by atoms with Crippen LogP contribution in [0.3, 0.4) is 0 Å². The average molecular weight is 298 g/mol. The average Bonchev–Trinajstić information content (AvgIpc) is 2.53. The second kappa shape index (κ2) is 6.01. The Hall–Kier alpha value is -2.27. The number of benzene rings is 2. The van der Waals surface area contributed by atoms with Crippen LogP contribution in [-0.2, 0) is 5.75 Å². The van der Waals surface area contributed by atoms with Gasteiger partial charge in [0.15, 0.2) is 0 Å². The molecule has 1 aromatic heterocycles. The summed E-state index contributed by atoms with van der Waals surface area (Å²) < 4.78 is 5.20. The number of methoxy groups -OCH3 is 1. The van der Waals surface area contributed by atoms with Crippen molar-refractivity contribution in [2.45, 2.75) is 10.6 Å². The smallest absolute Gasteiger partial charge is 0.258 e. The Labute approximate surface area is 126 Å². The predicted molar refractivity (Wildman–Crippen MR) is 84.9 cm³/mol. The number of nitrogens with zero attached hydrogens (tertiary/aromatic N) is 1. The van der Waals surface area contributed by atoms with Gasteiger partial charge in [-0.3, -0.25) is 4.79 Å². The third kappa shape index (κ3) is 3.08. The fourth-order valence-electron chi connectivity index (χ4n) is 2.05. The standard InChI is InChI=1S/C16H14N2O2S/c1-20-11-5-4-6-12(9-11)21-10-15-17-14-8-3-2-7-13(14)16(19)18-15/h2-9H,10H2,1H3,(H,17,18,19). The van der Waals surface area contributed by atoms with Crippen molar-refractivity contribution in [3.8, 4) is 5.75 Å². The molecular weight excluding hydrogens is 284 g/mol. The number of rotatable bonds is 4. The Kier molecular flexibility index (Phi) is 3.92. The second-order valence-corrected chi connectivity index (χ2v) is 5.55. The minimum absolute atomic E-state index is 0.0955. The maximum atomic E-state index is 12.0. The van der Waals surface area contributed by atoms with Gasteiger partial charge in [0.05, 0.1) is 23.8 Å². The lowest BCUT2D eigenvalue weighted by Gasteiger charge is -2.05. The monoisotopic (exact) mass is 298 g/mol. The first-order chi connectivity index (χ1) is 10.3. The largest absolute Gasteiger partial charge is 0.497 e. The van der Waals surface area contributed by atoms with Gasteiger partial charge in [-0.2, -0.15) is 0 Å². The van der Waals surface area contributed by atoms with E-state index < -0.39 is 0 Å². The minimum Gasteiger partial charge on any atom is -0.497 e. The van der Waals surface area contributed by atoms with Crippen LogP contribution in [0.4, 0.5) is 0 Å². The molecule has 0 amide bonds. The second-order valence-electron chi connectivity index (χ2n) is 4.50. The fraction of sp³-hybridized carbons (Fsp3) is 0.125. The van der Waals surface area contributed by atoms with Crippen LogP contribution in [0.5, 0.6) is 5.75 Å². The lowest BCUT2D eigenvalue weighted by atomic mass is 10.2. The number of H-pyrrole nitrogens is 1. The van der Waals surface area contributed by atoms with Gasteiger partial charge in [0, 0.05) is 4.90 Å². The molecule has 0 saturated carbocycles. The molecule has 0 spiro atoms. The van der Waals surface area contributed by atoms with Gasteiger partial charge in [0.1, 0.15) is 11.6 Å². The van der Waals surface area contributed by atoms with Crippen LogP contribution >= 0.6 is 11.8 Å². The molecule has 21 heavy (non-hydrogen) atoms. The van der Waals surface area contributed by atoms with E-state index in [1.165, 1.54) is 0 Å². The Bertz CT molecular complexity index is 830. The summed E-state index contributed by atoms with van der Waals surface area (Å²) in [6.07, 6.45) is 0. The molecule has 3 rings (SSSR count). The lowest BCUT2D eigenvalue weighted by Crippen LogP contribution is -2.11. The van der Waals surface area contributed by atoms with Crippen molar-refractivity contribution >= 4 is 22.7 Å². The Morgan fingerprint density at radius 2 is 2.05 bits per heavy atom. The number of nitrogens with one attached hydrogen (secondary N) is 1. The summed E-state index contributed by atoms with van der Waals surface area (Å²) in [6, 6.07) is 15.2. The highest BCUT2D eigenvalue weighted by Crippen LogP contribution is 2.25. The SMILES string of the molecule is COc1cccc(SCc2nc3ccccc3c(=O)[nH]2)c1. The molecule has 2 aromatic carbocycles. The molecule has 0 aliphatic heterocycles. The van der Waals surface area contributed by atoms with E-state index >= 15 is 0 Å². The highest BCUT2D eigenvalue weighted by atomic mass is 32.2. The quantitative estimate of drug-likeness (QED) is 0.751. The van der Waals surface area contributed by atoms with E-state index in [0.29, 0.717) is 17.0 Å². The molecule has 4 nitrogen and oxygen atoms in total. The fourth-order valence-corrected chi connectivity index (χ4v) is 2.86. The van der Waals surface area contributed by atoms with Gasteiger partial charge in [0.25, 0.3) is 5.56 Å². The first kappa shape index (κ1) is 13.7. The molecule has 0 saturated heterocycles. The van der Waals surface area contributed by atoms with Crippen molar-refractivity contribution < 1.29 is 4.74 Å². The normalized spacial score (nSPS) is 10.7. The van der Waals surface area contributed by atoms with Crippen LogP contribution in [0.25, 0.3) is 10.9 Å². The van der Waals surface area contributed by atoms with Crippen LogP contribution in [0.15, 0.2) is 58.2 Å². The maximum absolute atomic E-state index is 12.0. The van der Waals surface area contributed by atoms with Crippen LogP contribution in [0.2, 0.25) is 0 Å². The summed E-state index contributed by atoms with van der Waals surface area (Å²) in [5.74, 6) is 2.10. The number of thioether (sulfide) groups is 1. The number of aromatic amines is 1. The Morgan fingerprint density at radius 3 is 2.90 bits per heavy atom. The van der Waals surface area contributed by atoms with Crippen molar-refractivity contribution in [3.05, 3.63) is 64.7 Å². The third-order valence-corrected chi connectivity index (χ3v) is 4.08. The summed E-state index contributed by atoms with van der Waals surface area (Å²) in [5, 5.41) is 0.618. The zero-order valence-corrected chi connectivity index (χ0v) is 12.3. The van der Waals surface area contributed by atoms with E-state index in [0.717, 1.165) is 16.2 Å². The zero-order chi connectivity index (χ0) is 14.7. The van der Waals surface area contributed by atoms with Crippen molar-refractivity contribution in [2.24, 2.45) is 0 Å². The van der Waals surface area contributed by atoms with Crippen LogP contribution in [-0.4, -0.2) is 17.1 Å². The molecule has 0 aliphatic rings. The topological polar surface area (TPSA) is 55.0 Å². The number of aromatic nitrogens is 2. The van der Waals surface area contributed by atoms with Crippen LogP contribution in [0.1, 0.15) is 5.82 Å². The highest BCUT2D eigenvalue weighted by molar-refractivity contribution is 7.98. The van der Waals surface area contributed by atoms with Crippen molar-refractivity contribution in [3.63, 3.8) is 0 Å². The first-order valence-electron chi connectivity index (χ1n) is 6.51. The molecule has 0 unspecified atom stereocenters. The van der Waals surface area contributed by atoms with Gasteiger partial charge in [-0.05, 0) is 30.3 Å². The van der Waals surface area contributed by atoms with Crippen molar-refractivity contribution in [1.82, 2.24) is 9.97 Å². The summed E-state index contributed by atoms with van der Waals surface area (Å²) in [4.78, 5) is 20.4. The van der Waals surface area contributed by atoms with Gasteiger partial charge in [-0.25, -0.2) is 4.98 Å². The van der Waals surface area contributed by atoms with E-state index in [4.69, 9.17) is 4.74 Å². The summed E-state index contributed by atoms with van der Waals surface area (Å²) in [5.41, 5.74) is 0.629. The van der Waals surface area contributed by atoms with Crippen molar-refractivity contribution in [2.75, 3.05) is 7.11 Å². The summed E-state index contributed by atoms with van der Waals surface area (Å²) >= 11 is 1.61. The van der Waals surface area contributed by atoms with Crippen LogP contribution < -0.4 is 10.3 Å². The number of ether oxygens (including phenoxy) is 1. The van der Waals surface area contributed by atoms with E-state index in [9.17, 15) is 4.79 Å². The minimum atomic E-state index is -0.0955. The Morgan fingerprint density at radius 1 is 1.19 bits per heavy atom. The zero-order valence-electron chi connectivity index (χ0n) is 11.5. The molecular formula is C16H14N2O2S. The number of fused-ring (bicyclic) bond motifs is 1. The maximum Gasteiger partial charge on any atom is 0.258 e. The van der Waals surface area contributed by atoms with Crippen LogP contribution in [0, 0.1) is 0 Å². The molecule has 0 bridgehead atoms. The van der Waals surface area contributed by atoms with Gasteiger partial charge in [0.2, 0.25) is 0 Å². The van der Waals surface area contributed by atoms with E-state index in [-0.39, 0.29) is 5.56 Å². The molecule has 5 heteroatoms. The highest BCUT2D eigenvalue weighted by Gasteiger charge is 2.04. The van der Waals surface area contributed by atoms with E-state index in [1.54, 1.807) is 24.9 Å². The number of hydrogen-bond donors (Lipinski definition) is 1. The van der Waals surface area contributed by atoms with E-state index in [2.05, 4.69) is 9.97 Å². The number of hydrogen-bond acceptors (Lipinski definition) is 4. The van der Waals surface area contributed by atoms with Gasteiger partial charge in [-0.1, -0.05) is 18.2 Å². The van der Waals surface area contributed by atoms with Gasteiger partial charge < -0.3 is 9.72 Å². The number of para-hydroxylation sites is 1.